The molecule has 4 heteroatoms. The number of nitrogens with zero attached hydrogens (tertiary/aromatic N) is 1. The van der Waals surface area contributed by atoms with Crippen molar-refractivity contribution in [1.29, 1.82) is 5.26 Å². The normalized spacial score (nSPS) is 22.2. The largest absolute Gasteiger partial charge is 0.440 e. The molecule has 0 aromatic heterocycles. The maximum absolute atomic E-state index is 13.1. The monoisotopic (exact) mass is 316 g/mol. The molecule has 1 aliphatic carbocycles. The van der Waals surface area contributed by atoms with E-state index in [-0.39, 0.29) is 23.5 Å². The second kappa shape index (κ2) is 5.54. The van der Waals surface area contributed by atoms with E-state index in [4.69, 9.17) is 10.5 Å². The van der Waals surface area contributed by atoms with Crippen LogP contribution in [0.3, 0.4) is 0 Å². The molecular formula is C20H16N2O2. The molecule has 0 fully saturated rings. The zero-order valence-corrected chi connectivity index (χ0v) is 13.0. The van der Waals surface area contributed by atoms with Crippen molar-refractivity contribution in [3.05, 3.63) is 76.7 Å². The molecule has 0 bridgehead atoms. The number of nitrogens with two attached hydrogens (primary N) is 1. The quantitative estimate of drug-likeness (QED) is 0.875. The lowest BCUT2D eigenvalue weighted by Gasteiger charge is -2.33. The lowest BCUT2D eigenvalue weighted by atomic mass is 9.70. The smallest absolute Gasteiger partial charge is 0.205 e. The number of benzene rings is 2. The fraction of sp³-hybridized carbons (Fsp3) is 0.200. The highest BCUT2D eigenvalue weighted by Crippen LogP contribution is 2.46. The van der Waals surface area contributed by atoms with Gasteiger partial charge in [0.1, 0.15) is 11.8 Å². The zero-order valence-electron chi connectivity index (χ0n) is 13.0. The third-order valence-corrected chi connectivity index (χ3v) is 4.92. The Morgan fingerprint density at radius 1 is 1.12 bits per heavy atom. The number of hydrogen-bond acceptors (Lipinski definition) is 4. The van der Waals surface area contributed by atoms with Gasteiger partial charge in [0.05, 0.1) is 5.57 Å². The predicted molar refractivity (Wildman–Crippen MR) is 89.2 cm³/mol. The van der Waals surface area contributed by atoms with E-state index in [1.165, 1.54) is 0 Å². The molecule has 24 heavy (non-hydrogen) atoms. The van der Waals surface area contributed by atoms with E-state index in [9.17, 15) is 10.1 Å². The van der Waals surface area contributed by atoms with Crippen molar-refractivity contribution in [2.24, 2.45) is 11.7 Å². The van der Waals surface area contributed by atoms with Gasteiger partial charge >= 0.3 is 0 Å². The molecule has 2 N–H and O–H groups in total. The highest BCUT2D eigenvalue weighted by molar-refractivity contribution is 6.01. The summed E-state index contributed by atoms with van der Waals surface area (Å²) in [6.07, 6.45) is 1.53. The van der Waals surface area contributed by atoms with Crippen LogP contribution in [0.2, 0.25) is 0 Å². The van der Waals surface area contributed by atoms with Crippen LogP contribution >= 0.6 is 0 Å². The van der Waals surface area contributed by atoms with Crippen LogP contribution in [0.15, 0.2) is 60.0 Å². The molecule has 2 unspecified atom stereocenters. The Hall–Kier alpha value is -3.06. The number of hydrogen-bond donors (Lipinski definition) is 1. The number of carbonyl (C=O) groups is 1. The summed E-state index contributed by atoms with van der Waals surface area (Å²) in [6.45, 7) is 0. The van der Waals surface area contributed by atoms with Gasteiger partial charge in [-0.25, -0.2) is 0 Å². The Labute approximate surface area is 140 Å². The number of allylic oxidation sites excluding steroid dienone is 1. The first-order chi connectivity index (χ1) is 11.7. The van der Waals surface area contributed by atoms with E-state index in [0.717, 1.165) is 23.1 Å². The van der Waals surface area contributed by atoms with E-state index in [1.807, 2.05) is 48.5 Å². The third kappa shape index (κ3) is 2.10. The number of aryl methyl sites for hydroxylation is 1. The Kier molecular flexibility index (Phi) is 3.35. The molecule has 2 atom stereocenters. The van der Waals surface area contributed by atoms with Crippen molar-refractivity contribution < 1.29 is 9.53 Å². The fourth-order valence-corrected chi connectivity index (χ4v) is 3.79. The van der Waals surface area contributed by atoms with Crippen LogP contribution in [0.25, 0.3) is 0 Å². The van der Waals surface area contributed by atoms with E-state index in [1.54, 1.807) is 0 Å². The van der Waals surface area contributed by atoms with Gasteiger partial charge in [0, 0.05) is 23.0 Å². The minimum Gasteiger partial charge on any atom is -0.440 e. The molecule has 2 aromatic rings. The van der Waals surface area contributed by atoms with E-state index in [0.29, 0.717) is 17.7 Å². The predicted octanol–water partition coefficient (Wildman–Crippen LogP) is 3.30. The summed E-state index contributed by atoms with van der Waals surface area (Å²) in [6, 6.07) is 17.4. The molecule has 0 spiro atoms. The summed E-state index contributed by atoms with van der Waals surface area (Å²) in [5.74, 6) is 0.177. The van der Waals surface area contributed by atoms with Gasteiger partial charge in [-0.3, -0.25) is 4.79 Å². The second-order valence-electron chi connectivity index (χ2n) is 6.17. The SMILES string of the molecule is N#CC1=C(N)Oc2ccccc2C1C1CCc2ccccc2C1=O. The van der Waals surface area contributed by atoms with Gasteiger partial charge in [-0.2, -0.15) is 5.26 Å². The summed E-state index contributed by atoms with van der Waals surface area (Å²) < 4.78 is 5.58. The molecule has 1 heterocycles. The van der Waals surface area contributed by atoms with Gasteiger partial charge in [0.15, 0.2) is 5.78 Å². The Morgan fingerprint density at radius 3 is 2.71 bits per heavy atom. The van der Waals surface area contributed by atoms with Crippen LogP contribution in [-0.2, 0) is 6.42 Å². The average Bonchev–Trinajstić information content (AvgIpc) is 2.61. The summed E-state index contributed by atoms with van der Waals surface area (Å²) in [4.78, 5) is 13.1. The summed E-state index contributed by atoms with van der Waals surface area (Å²) in [5, 5.41) is 9.59. The molecule has 0 saturated heterocycles. The van der Waals surface area contributed by atoms with Crippen LogP contribution in [0.4, 0.5) is 0 Å². The van der Waals surface area contributed by atoms with Gasteiger partial charge in [-0.05, 0) is 24.5 Å². The maximum Gasteiger partial charge on any atom is 0.205 e. The number of ether oxygens (including phenoxy) is 1. The molecule has 4 nitrogen and oxygen atoms in total. The van der Waals surface area contributed by atoms with Crippen molar-refractivity contribution in [2.75, 3.05) is 0 Å². The van der Waals surface area contributed by atoms with E-state index < -0.39 is 0 Å². The van der Waals surface area contributed by atoms with Crippen molar-refractivity contribution in [3.8, 4) is 11.8 Å². The summed E-state index contributed by atoms with van der Waals surface area (Å²) >= 11 is 0. The number of para-hydroxylation sites is 1. The summed E-state index contributed by atoms with van der Waals surface area (Å²) in [7, 11) is 0. The molecule has 1 aliphatic heterocycles. The van der Waals surface area contributed by atoms with Gasteiger partial charge in [-0.1, -0.05) is 42.5 Å². The highest BCUT2D eigenvalue weighted by Gasteiger charge is 2.40. The third-order valence-electron chi connectivity index (χ3n) is 4.92. The van der Waals surface area contributed by atoms with Crippen molar-refractivity contribution in [1.82, 2.24) is 0 Å². The van der Waals surface area contributed by atoms with E-state index in [2.05, 4.69) is 6.07 Å². The Morgan fingerprint density at radius 2 is 1.88 bits per heavy atom. The second-order valence-corrected chi connectivity index (χ2v) is 6.17. The molecule has 4 rings (SSSR count). The van der Waals surface area contributed by atoms with Gasteiger partial charge in [-0.15, -0.1) is 0 Å². The molecule has 0 radical (unpaired) electrons. The highest BCUT2D eigenvalue weighted by atomic mass is 16.5. The lowest BCUT2D eigenvalue weighted by Crippen LogP contribution is -2.32. The summed E-state index contributed by atoms with van der Waals surface area (Å²) in [5.41, 5.74) is 9.02. The molecule has 2 aliphatic rings. The zero-order chi connectivity index (χ0) is 16.7. The molecule has 0 amide bonds. The average molecular weight is 316 g/mol. The number of Topliss-reactive ketones (excluding diaryl/α,β-unsaturated/α-hetero) is 1. The Bertz CT molecular complexity index is 908. The standard InChI is InChI=1S/C20H16N2O2/c21-11-16-18(14-7-3-4-8-17(14)24-20(16)22)15-10-9-12-5-1-2-6-13(12)19(15)23/h1-8,15,18H,9-10,22H2. The van der Waals surface area contributed by atoms with Crippen LogP contribution in [0.1, 0.15) is 33.8 Å². The minimum atomic E-state index is -0.346. The minimum absolute atomic E-state index is 0.0825. The first-order valence-electron chi connectivity index (χ1n) is 7.99. The van der Waals surface area contributed by atoms with E-state index >= 15 is 0 Å². The van der Waals surface area contributed by atoms with Gasteiger partial charge in [0.2, 0.25) is 5.88 Å². The van der Waals surface area contributed by atoms with Crippen molar-refractivity contribution in [2.45, 2.75) is 18.8 Å². The van der Waals surface area contributed by atoms with Gasteiger partial charge in [0.25, 0.3) is 0 Å². The fourth-order valence-electron chi connectivity index (χ4n) is 3.79. The maximum atomic E-state index is 13.1. The first-order valence-corrected chi connectivity index (χ1v) is 7.99. The van der Waals surface area contributed by atoms with Crippen LogP contribution in [0, 0.1) is 17.2 Å². The number of rotatable bonds is 1. The number of carbonyl (C=O) groups excluding carboxylic acids is 1. The van der Waals surface area contributed by atoms with Crippen LogP contribution in [0.5, 0.6) is 5.75 Å². The molecule has 0 saturated carbocycles. The molecule has 118 valence electrons. The number of nitriles is 1. The van der Waals surface area contributed by atoms with Crippen molar-refractivity contribution in [3.63, 3.8) is 0 Å². The van der Waals surface area contributed by atoms with Crippen LogP contribution < -0.4 is 10.5 Å². The topological polar surface area (TPSA) is 76.1 Å². The molecule has 2 aromatic carbocycles. The van der Waals surface area contributed by atoms with Gasteiger partial charge < -0.3 is 10.5 Å². The molecular weight excluding hydrogens is 300 g/mol. The number of fused-ring (bicyclic) bond motifs is 2. The Balaban J connectivity index is 1.84. The number of ketones is 1. The first kappa shape index (κ1) is 14.5. The lowest BCUT2D eigenvalue weighted by molar-refractivity contribution is 0.0886. The van der Waals surface area contributed by atoms with Crippen molar-refractivity contribution >= 4 is 5.78 Å². The van der Waals surface area contributed by atoms with Crippen LogP contribution in [-0.4, -0.2) is 5.78 Å².